The van der Waals surface area contributed by atoms with Crippen molar-refractivity contribution in [2.75, 3.05) is 13.7 Å². The van der Waals surface area contributed by atoms with E-state index in [1.807, 2.05) is 13.0 Å². The van der Waals surface area contributed by atoms with E-state index in [-0.39, 0.29) is 24.2 Å². The van der Waals surface area contributed by atoms with E-state index in [0.717, 1.165) is 23.1 Å². The van der Waals surface area contributed by atoms with Crippen LogP contribution in [0.25, 0.3) is 0 Å². The average Bonchev–Trinajstić information content (AvgIpc) is 2.56. The fourth-order valence-corrected chi connectivity index (χ4v) is 3.47. The molecule has 1 heterocycles. The Bertz CT molecular complexity index is 778. The third-order valence-corrected chi connectivity index (χ3v) is 4.79. The van der Waals surface area contributed by atoms with Crippen molar-refractivity contribution in [2.24, 2.45) is 0 Å². The third kappa shape index (κ3) is 3.24. The Labute approximate surface area is 146 Å². The van der Waals surface area contributed by atoms with Gasteiger partial charge < -0.3 is 9.64 Å². The highest BCUT2D eigenvalue weighted by Gasteiger charge is 2.28. The highest BCUT2D eigenvalue weighted by atomic mass is 35.5. The number of ether oxygens (including phenoxy) is 1. The van der Waals surface area contributed by atoms with Gasteiger partial charge in [0.1, 0.15) is 11.6 Å². The van der Waals surface area contributed by atoms with Gasteiger partial charge in [0.2, 0.25) is 5.91 Å². The SMILES string of the molecule is COc1ccc(Cl)cc1CC(=O)N1CCc2ccc(F)cc2C1C. The molecule has 3 rings (SSSR count). The van der Waals surface area contributed by atoms with Crippen LogP contribution in [0.2, 0.25) is 5.02 Å². The largest absolute Gasteiger partial charge is 0.496 e. The molecule has 0 radical (unpaired) electrons. The molecule has 0 aromatic heterocycles. The summed E-state index contributed by atoms with van der Waals surface area (Å²) < 4.78 is 18.9. The number of carbonyl (C=O) groups excluding carboxylic acids is 1. The molecule has 1 amide bonds. The molecule has 1 aliphatic rings. The quantitative estimate of drug-likeness (QED) is 0.833. The number of nitrogens with zero attached hydrogens (tertiary/aromatic N) is 1. The summed E-state index contributed by atoms with van der Waals surface area (Å²) in [6, 6.07) is 9.90. The van der Waals surface area contributed by atoms with Crippen molar-refractivity contribution in [3.8, 4) is 5.75 Å². The molecule has 2 aromatic carbocycles. The van der Waals surface area contributed by atoms with Crippen molar-refractivity contribution in [1.82, 2.24) is 4.90 Å². The topological polar surface area (TPSA) is 29.5 Å². The van der Waals surface area contributed by atoms with E-state index in [1.165, 1.54) is 12.1 Å². The second kappa shape index (κ2) is 6.81. The van der Waals surface area contributed by atoms with Crippen molar-refractivity contribution in [3.63, 3.8) is 0 Å². The minimum atomic E-state index is -0.272. The van der Waals surface area contributed by atoms with Crippen LogP contribution in [0.3, 0.4) is 0 Å². The molecular formula is C19H19ClFNO2. The van der Waals surface area contributed by atoms with Gasteiger partial charge >= 0.3 is 0 Å². The van der Waals surface area contributed by atoms with Crippen LogP contribution in [0, 0.1) is 5.82 Å². The van der Waals surface area contributed by atoms with Gasteiger partial charge in [0.25, 0.3) is 0 Å². The number of fused-ring (bicyclic) bond motifs is 1. The maximum Gasteiger partial charge on any atom is 0.227 e. The first-order chi connectivity index (χ1) is 11.5. The molecule has 24 heavy (non-hydrogen) atoms. The minimum absolute atomic E-state index is 0.0158. The van der Waals surface area contributed by atoms with Crippen LogP contribution in [0.4, 0.5) is 4.39 Å². The van der Waals surface area contributed by atoms with Crippen LogP contribution in [-0.4, -0.2) is 24.5 Å². The predicted molar refractivity (Wildman–Crippen MR) is 91.9 cm³/mol. The molecule has 3 nitrogen and oxygen atoms in total. The van der Waals surface area contributed by atoms with Gasteiger partial charge in [-0.25, -0.2) is 4.39 Å². The molecule has 0 N–H and O–H groups in total. The van der Waals surface area contributed by atoms with Crippen molar-refractivity contribution in [2.45, 2.75) is 25.8 Å². The monoisotopic (exact) mass is 347 g/mol. The Morgan fingerprint density at radius 3 is 2.88 bits per heavy atom. The second-order valence-corrected chi connectivity index (χ2v) is 6.43. The van der Waals surface area contributed by atoms with E-state index < -0.39 is 0 Å². The second-order valence-electron chi connectivity index (χ2n) is 5.99. The van der Waals surface area contributed by atoms with Crippen LogP contribution >= 0.6 is 11.6 Å². The Morgan fingerprint density at radius 2 is 2.12 bits per heavy atom. The third-order valence-electron chi connectivity index (χ3n) is 4.55. The summed E-state index contributed by atoms with van der Waals surface area (Å²) in [4.78, 5) is 14.6. The summed E-state index contributed by atoms with van der Waals surface area (Å²) >= 11 is 6.03. The van der Waals surface area contributed by atoms with E-state index in [4.69, 9.17) is 16.3 Å². The molecule has 0 spiro atoms. The lowest BCUT2D eigenvalue weighted by Gasteiger charge is -2.35. The van der Waals surface area contributed by atoms with Gasteiger partial charge in [-0.15, -0.1) is 0 Å². The number of methoxy groups -OCH3 is 1. The molecule has 0 saturated carbocycles. The molecule has 0 fully saturated rings. The summed E-state index contributed by atoms with van der Waals surface area (Å²) in [5.41, 5.74) is 2.74. The smallest absolute Gasteiger partial charge is 0.227 e. The molecule has 0 bridgehead atoms. The lowest BCUT2D eigenvalue weighted by molar-refractivity contribution is -0.133. The van der Waals surface area contributed by atoms with Crippen molar-refractivity contribution >= 4 is 17.5 Å². The number of hydrogen-bond donors (Lipinski definition) is 0. The first kappa shape index (κ1) is 16.8. The van der Waals surface area contributed by atoms with Crippen molar-refractivity contribution in [3.05, 3.63) is 63.9 Å². The van der Waals surface area contributed by atoms with Gasteiger partial charge in [-0.05, 0) is 54.8 Å². The van der Waals surface area contributed by atoms with Gasteiger partial charge in [0.05, 0.1) is 19.6 Å². The fraction of sp³-hybridized carbons (Fsp3) is 0.316. The summed E-state index contributed by atoms with van der Waals surface area (Å²) in [6.07, 6.45) is 0.942. The lowest BCUT2D eigenvalue weighted by atomic mass is 9.93. The number of rotatable bonds is 3. The molecule has 1 unspecified atom stereocenters. The molecule has 2 aromatic rings. The Kier molecular flexibility index (Phi) is 4.76. The maximum atomic E-state index is 13.6. The zero-order valence-corrected chi connectivity index (χ0v) is 14.4. The zero-order chi connectivity index (χ0) is 17.3. The number of hydrogen-bond acceptors (Lipinski definition) is 2. The summed E-state index contributed by atoms with van der Waals surface area (Å²) in [5.74, 6) is 0.355. The van der Waals surface area contributed by atoms with Crippen LogP contribution in [0.15, 0.2) is 36.4 Å². The van der Waals surface area contributed by atoms with E-state index in [2.05, 4.69) is 0 Å². The molecule has 0 aliphatic carbocycles. The number of amides is 1. The molecular weight excluding hydrogens is 329 g/mol. The normalized spacial score (nSPS) is 16.7. The summed E-state index contributed by atoms with van der Waals surface area (Å²) in [5, 5.41) is 0.567. The van der Waals surface area contributed by atoms with Crippen LogP contribution in [0.1, 0.15) is 29.7 Å². The van der Waals surface area contributed by atoms with E-state index in [9.17, 15) is 9.18 Å². The minimum Gasteiger partial charge on any atom is -0.496 e. The van der Waals surface area contributed by atoms with E-state index in [1.54, 1.807) is 30.2 Å². The number of halogens is 2. The van der Waals surface area contributed by atoms with E-state index >= 15 is 0 Å². The highest BCUT2D eigenvalue weighted by Crippen LogP contribution is 2.31. The molecule has 126 valence electrons. The van der Waals surface area contributed by atoms with Gasteiger partial charge in [-0.1, -0.05) is 17.7 Å². The molecule has 5 heteroatoms. The van der Waals surface area contributed by atoms with E-state index in [0.29, 0.717) is 17.3 Å². The Balaban J connectivity index is 1.83. The van der Waals surface area contributed by atoms with Gasteiger partial charge in [-0.3, -0.25) is 4.79 Å². The zero-order valence-electron chi connectivity index (χ0n) is 13.7. The Hall–Kier alpha value is -2.07. The average molecular weight is 348 g/mol. The number of benzene rings is 2. The van der Waals surface area contributed by atoms with Gasteiger partial charge in [-0.2, -0.15) is 0 Å². The van der Waals surface area contributed by atoms with Crippen molar-refractivity contribution in [1.29, 1.82) is 0 Å². The standard InChI is InChI=1S/C19H19ClFNO2/c1-12-17-11-16(21)5-3-13(17)7-8-22(12)19(23)10-14-9-15(20)4-6-18(14)24-2/h3-6,9,11-12H,7-8,10H2,1-2H3. The van der Waals surface area contributed by atoms with Crippen LogP contribution < -0.4 is 4.74 Å². The predicted octanol–water partition coefficient (Wildman–Crippen LogP) is 4.18. The fourth-order valence-electron chi connectivity index (χ4n) is 3.28. The molecule has 1 atom stereocenters. The van der Waals surface area contributed by atoms with Gasteiger partial charge in [0.15, 0.2) is 0 Å². The van der Waals surface area contributed by atoms with Gasteiger partial charge in [0, 0.05) is 17.1 Å². The summed E-state index contributed by atoms with van der Waals surface area (Å²) in [7, 11) is 1.57. The van der Waals surface area contributed by atoms with Crippen LogP contribution in [0.5, 0.6) is 5.75 Å². The lowest BCUT2D eigenvalue weighted by Crippen LogP contribution is -2.39. The summed E-state index contributed by atoms with van der Waals surface area (Å²) in [6.45, 7) is 2.56. The number of carbonyl (C=O) groups is 1. The molecule has 1 aliphatic heterocycles. The maximum absolute atomic E-state index is 13.6. The first-order valence-electron chi connectivity index (χ1n) is 7.90. The van der Waals surface area contributed by atoms with Crippen LogP contribution in [-0.2, 0) is 17.6 Å². The van der Waals surface area contributed by atoms with Crippen molar-refractivity contribution < 1.29 is 13.9 Å². The highest BCUT2D eigenvalue weighted by molar-refractivity contribution is 6.30. The Morgan fingerprint density at radius 1 is 1.33 bits per heavy atom. The first-order valence-corrected chi connectivity index (χ1v) is 8.27. The molecule has 0 saturated heterocycles.